The van der Waals surface area contributed by atoms with Gasteiger partial charge >= 0.3 is 0 Å². The second-order valence-electron chi connectivity index (χ2n) is 8.30. The number of hydrogen-bond acceptors (Lipinski definition) is 2. The molecule has 29 heavy (non-hydrogen) atoms. The molecule has 0 radical (unpaired) electrons. The van der Waals surface area contributed by atoms with Crippen molar-refractivity contribution in [3.05, 3.63) is 105 Å². The van der Waals surface area contributed by atoms with Crippen molar-refractivity contribution in [2.75, 3.05) is 0 Å². The van der Waals surface area contributed by atoms with Crippen LogP contribution in [0.15, 0.2) is 60.3 Å². The molecule has 1 heterocycles. The Kier molecular flexibility index (Phi) is 4.85. The zero-order valence-corrected chi connectivity index (χ0v) is 17.0. The van der Waals surface area contributed by atoms with Crippen molar-refractivity contribution >= 4 is 12.2 Å². The Morgan fingerprint density at radius 3 is 2.52 bits per heavy atom. The maximum absolute atomic E-state index is 4.82. The summed E-state index contributed by atoms with van der Waals surface area (Å²) in [7, 11) is 0. The highest BCUT2D eigenvalue weighted by Crippen LogP contribution is 2.26. The average molecular weight is 379 g/mol. The monoisotopic (exact) mass is 378 g/mol. The number of allylic oxidation sites excluding steroid dienone is 2. The minimum Gasteiger partial charge on any atom is -0.241 e. The van der Waals surface area contributed by atoms with Crippen LogP contribution in [0.5, 0.6) is 0 Å². The number of nitrogens with zero attached hydrogens (tertiary/aromatic N) is 2. The van der Waals surface area contributed by atoms with Crippen LogP contribution in [0.1, 0.15) is 51.8 Å². The topological polar surface area (TPSA) is 25.8 Å². The normalized spacial score (nSPS) is 14.0. The van der Waals surface area contributed by atoms with Crippen LogP contribution < -0.4 is 0 Å². The van der Waals surface area contributed by atoms with E-state index in [-0.39, 0.29) is 0 Å². The number of fused-ring (bicyclic) bond motifs is 2. The zero-order chi connectivity index (χ0) is 19.6. The van der Waals surface area contributed by atoms with Crippen molar-refractivity contribution in [3.63, 3.8) is 0 Å². The average Bonchev–Trinajstić information content (AvgIpc) is 3.35. The van der Waals surface area contributed by atoms with Crippen LogP contribution >= 0.6 is 0 Å². The molecule has 2 nitrogen and oxygen atoms in total. The number of aromatic nitrogens is 2. The number of hydrogen-bond donors (Lipinski definition) is 0. The van der Waals surface area contributed by atoms with Gasteiger partial charge in [-0.2, -0.15) is 0 Å². The molecule has 2 aliphatic carbocycles. The molecule has 0 bridgehead atoms. The zero-order valence-electron chi connectivity index (χ0n) is 17.0. The number of benzene rings is 2. The molecular formula is C27H26N2. The van der Waals surface area contributed by atoms with Gasteiger partial charge in [-0.25, -0.2) is 9.97 Å². The third-order valence-electron chi connectivity index (χ3n) is 6.00. The number of aryl methyl sites for hydroxylation is 4. The Bertz CT molecular complexity index is 1120. The van der Waals surface area contributed by atoms with Gasteiger partial charge in [0.05, 0.1) is 0 Å². The third-order valence-corrected chi connectivity index (χ3v) is 6.00. The van der Waals surface area contributed by atoms with Gasteiger partial charge in [0, 0.05) is 18.3 Å². The Morgan fingerprint density at radius 1 is 0.828 bits per heavy atom. The Labute approximate surface area is 173 Å². The fraction of sp³-hybridized carbons (Fsp3) is 0.259. The van der Waals surface area contributed by atoms with Crippen LogP contribution in [-0.4, -0.2) is 9.97 Å². The number of rotatable bonds is 6. The molecule has 2 heteroatoms. The van der Waals surface area contributed by atoms with E-state index in [1.807, 2.05) is 6.20 Å². The van der Waals surface area contributed by atoms with E-state index in [0.717, 1.165) is 50.0 Å². The second kappa shape index (κ2) is 7.79. The van der Waals surface area contributed by atoms with Crippen LogP contribution in [0.2, 0.25) is 0 Å². The van der Waals surface area contributed by atoms with Crippen LogP contribution in [0.4, 0.5) is 0 Å². The van der Waals surface area contributed by atoms with E-state index >= 15 is 0 Å². The largest absolute Gasteiger partial charge is 0.241 e. The summed E-state index contributed by atoms with van der Waals surface area (Å²) < 4.78 is 0. The van der Waals surface area contributed by atoms with Crippen LogP contribution in [0.25, 0.3) is 12.2 Å². The van der Waals surface area contributed by atoms with Gasteiger partial charge in [0.15, 0.2) is 0 Å². The minimum atomic E-state index is 0.888. The summed E-state index contributed by atoms with van der Waals surface area (Å²) in [6, 6.07) is 15.8. The predicted octanol–water partition coefficient (Wildman–Crippen LogP) is 5.58. The lowest BCUT2D eigenvalue weighted by Crippen LogP contribution is -2.03. The first kappa shape index (κ1) is 18.1. The summed E-state index contributed by atoms with van der Waals surface area (Å²) >= 11 is 0. The van der Waals surface area contributed by atoms with Crippen molar-refractivity contribution in [1.82, 2.24) is 9.97 Å². The first-order valence-corrected chi connectivity index (χ1v) is 10.6. The lowest BCUT2D eigenvalue weighted by molar-refractivity contribution is 0.813. The Balaban J connectivity index is 1.21. The molecule has 0 aliphatic heterocycles. The van der Waals surface area contributed by atoms with Crippen molar-refractivity contribution in [2.24, 2.45) is 0 Å². The van der Waals surface area contributed by atoms with E-state index in [1.54, 1.807) is 0 Å². The van der Waals surface area contributed by atoms with Gasteiger partial charge in [-0.3, -0.25) is 0 Å². The molecule has 0 spiro atoms. The molecule has 2 aliphatic rings. The molecule has 0 N–H and O–H groups in total. The summed E-state index contributed by atoms with van der Waals surface area (Å²) in [5.41, 5.74) is 11.0. The van der Waals surface area contributed by atoms with E-state index in [1.165, 1.54) is 39.0 Å². The van der Waals surface area contributed by atoms with Gasteiger partial charge in [-0.15, -0.1) is 0 Å². The summed E-state index contributed by atoms with van der Waals surface area (Å²) in [5, 5.41) is 0. The van der Waals surface area contributed by atoms with Gasteiger partial charge in [-0.1, -0.05) is 60.2 Å². The van der Waals surface area contributed by atoms with Gasteiger partial charge in [0.1, 0.15) is 5.82 Å². The van der Waals surface area contributed by atoms with E-state index in [4.69, 9.17) is 4.98 Å². The molecule has 5 rings (SSSR count). The first-order valence-electron chi connectivity index (χ1n) is 10.6. The predicted molar refractivity (Wildman–Crippen MR) is 120 cm³/mol. The van der Waals surface area contributed by atoms with E-state index < -0.39 is 0 Å². The smallest absolute Gasteiger partial charge is 0.128 e. The molecule has 0 atom stereocenters. The van der Waals surface area contributed by atoms with Crippen molar-refractivity contribution in [2.45, 2.75) is 45.4 Å². The summed E-state index contributed by atoms with van der Waals surface area (Å²) in [6.07, 6.45) is 14.7. The fourth-order valence-electron chi connectivity index (χ4n) is 4.40. The highest BCUT2D eigenvalue weighted by molar-refractivity contribution is 5.64. The SMILES string of the molecule is CC1=Cc2cc(CCc3ccnc(CCc4ccc5c(c4)C=CC5)n3)ccc2C1. The van der Waals surface area contributed by atoms with Crippen molar-refractivity contribution in [1.29, 1.82) is 0 Å². The fourth-order valence-corrected chi connectivity index (χ4v) is 4.40. The van der Waals surface area contributed by atoms with E-state index in [0.29, 0.717) is 0 Å². The van der Waals surface area contributed by atoms with Gasteiger partial charge in [0.25, 0.3) is 0 Å². The van der Waals surface area contributed by atoms with Gasteiger partial charge in [0.2, 0.25) is 0 Å². The first-order chi connectivity index (χ1) is 14.2. The lowest BCUT2D eigenvalue weighted by atomic mass is 10.0. The second-order valence-corrected chi connectivity index (χ2v) is 8.30. The van der Waals surface area contributed by atoms with Crippen LogP contribution in [0, 0.1) is 0 Å². The quantitative estimate of drug-likeness (QED) is 0.560. The Hall–Kier alpha value is -3.00. The highest BCUT2D eigenvalue weighted by atomic mass is 14.9. The van der Waals surface area contributed by atoms with Gasteiger partial charge < -0.3 is 0 Å². The molecule has 1 aromatic heterocycles. The molecule has 0 saturated heterocycles. The lowest BCUT2D eigenvalue weighted by Gasteiger charge is -2.07. The molecular weight excluding hydrogens is 352 g/mol. The molecule has 0 fully saturated rings. The molecule has 144 valence electrons. The van der Waals surface area contributed by atoms with Crippen LogP contribution in [-0.2, 0) is 38.5 Å². The highest BCUT2D eigenvalue weighted by Gasteiger charge is 2.10. The molecule has 0 saturated carbocycles. The van der Waals surface area contributed by atoms with Crippen molar-refractivity contribution in [3.8, 4) is 0 Å². The van der Waals surface area contributed by atoms with Crippen LogP contribution in [0.3, 0.4) is 0 Å². The van der Waals surface area contributed by atoms with E-state index in [2.05, 4.69) is 72.6 Å². The van der Waals surface area contributed by atoms with Gasteiger partial charge in [-0.05, 0) is 78.5 Å². The Morgan fingerprint density at radius 2 is 1.62 bits per heavy atom. The summed E-state index contributed by atoms with van der Waals surface area (Å²) in [6.45, 7) is 2.21. The molecule has 0 unspecified atom stereocenters. The standard InChI is InChI=1S/C27H26N2/c1-19-15-24-10-6-20(18-25(24)16-19)7-11-26-13-14-28-27(29-26)12-8-21-5-9-22-3-2-4-23(22)17-21/h2,4-6,9-10,13-14,16-18H,3,7-8,11-12,15H2,1H3. The maximum atomic E-state index is 4.82. The maximum Gasteiger partial charge on any atom is 0.128 e. The molecule has 3 aromatic rings. The molecule has 0 amide bonds. The summed E-state index contributed by atoms with van der Waals surface area (Å²) in [5.74, 6) is 0.950. The van der Waals surface area contributed by atoms with E-state index in [9.17, 15) is 0 Å². The summed E-state index contributed by atoms with van der Waals surface area (Å²) in [4.78, 5) is 9.33. The molecule has 2 aromatic carbocycles. The minimum absolute atomic E-state index is 0.888. The third kappa shape index (κ3) is 4.07. The van der Waals surface area contributed by atoms with Crippen molar-refractivity contribution < 1.29 is 0 Å².